The van der Waals surface area contributed by atoms with Crippen molar-refractivity contribution in [3.05, 3.63) is 66.1 Å². The Bertz CT molecular complexity index is 949. The molecular formula is C22H23FN2O2S. The van der Waals surface area contributed by atoms with Crippen LogP contribution in [0, 0.1) is 5.82 Å². The van der Waals surface area contributed by atoms with Gasteiger partial charge in [0.2, 0.25) is 5.91 Å². The van der Waals surface area contributed by atoms with Gasteiger partial charge in [0.1, 0.15) is 5.82 Å². The standard InChI is InChI=1S/C22H23FN2O2S/c23-17-9-7-16(8-10-17)13-25-14-21(19-5-1-2-6-20(19)25)28-15-22(26)24-12-18-4-3-11-27-18/h1-2,5-10,14,18H,3-4,11-13,15H2,(H,24,26). The van der Waals surface area contributed by atoms with E-state index in [1.165, 1.54) is 12.1 Å². The molecule has 0 aliphatic carbocycles. The van der Waals surface area contributed by atoms with Gasteiger partial charge in [0.15, 0.2) is 0 Å². The average molecular weight is 399 g/mol. The number of hydrogen-bond donors (Lipinski definition) is 1. The molecule has 1 fully saturated rings. The quantitative estimate of drug-likeness (QED) is 0.606. The fourth-order valence-corrected chi connectivity index (χ4v) is 4.39. The van der Waals surface area contributed by atoms with Crippen LogP contribution in [-0.4, -0.2) is 35.5 Å². The lowest BCUT2D eigenvalue weighted by Crippen LogP contribution is -2.32. The molecule has 2 aromatic carbocycles. The predicted octanol–water partition coefficient (Wildman–Crippen LogP) is 4.22. The van der Waals surface area contributed by atoms with Crippen LogP contribution in [0.1, 0.15) is 18.4 Å². The van der Waals surface area contributed by atoms with Crippen LogP contribution < -0.4 is 5.32 Å². The minimum atomic E-state index is -0.230. The summed E-state index contributed by atoms with van der Waals surface area (Å²) in [5.41, 5.74) is 2.14. The number of fused-ring (bicyclic) bond motifs is 1. The van der Waals surface area contributed by atoms with E-state index in [1.807, 2.05) is 12.1 Å². The summed E-state index contributed by atoms with van der Waals surface area (Å²) in [5, 5.41) is 4.09. The number of thioether (sulfide) groups is 1. The number of hydrogen-bond acceptors (Lipinski definition) is 3. The van der Waals surface area contributed by atoms with Gasteiger partial charge in [-0.3, -0.25) is 4.79 Å². The van der Waals surface area contributed by atoms with Crippen LogP contribution in [0.5, 0.6) is 0 Å². The summed E-state index contributed by atoms with van der Waals surface area (Å²) in [6.45, 7) is 2.04. The van der Waals surface area contributed by atoms with E-state index in [2.05, 4.69) is 28.2 Å². The van der Waals surface area contributed by atoms with E-state index in [0.717, 1.165) is 40.8 Å². The van der Waals surface area contributed by atoms with Gasteiger partial charge in [-0.1, -0.05) is 30.3 Å². The van der Waals surface area contributed by atoms with Gasteiger partial charge in [0, 0.05) is 41.7 Å². The van der Waals surface area contributed by atoms with Gasteiger partial charge in [-0.25, -0.2) is 4.39 Å². The first-order valence-electron chi connectivity index (χ1n) is 9.52. The Labute approximate surface area is 168 Å². The number of rotatable bonds is 7. The minimum absolute atomic E-state index is 0.0239. The van der Waals surface area contributed by atoms with Crippen LogP contribution in [0.3, 0.4) is 0 Å². The van der Waals surface area contributed by atoms with Crippen molar-refractivity contribution in [2.24, 2.45) is 0 Å². The highest BCUT2D eigenvalue weighted by Gasteiger charge is 2.16. The second-order valence-electron chi connectivity index (χ2n) is 6.99. The third-order valence-corrected chi connectivity index (χ3v) is 5.97. The third kappa shape index (κ3) is 4.56. The maximum absolute atomic E-state index is 13.2. The number of nitrogens with one attached hydrogen (secondary N) is 1. The Morgan fingerprint density at radius 1 is 1.21 bits per heavy atom. The number of benzene rings is 2. The molecule has 0 radical (unpaired) electrons. The van der Waals surface area contributed by atoms with Crippen LogP contribution in [0.25, 0.3) is 10.9 Å². The van der Waals surface area contributed by atoms with Gasteiger partial charge >= 0.3 is 0 Å². The van der Waals surface area contributed by atoms with Gasteiger partial charge < -0.3 is 14.6 Å². The van der Waals surface area contributed by atoms with Crippen molar-refractivity contribution in [2.75, 3.05) is 18.9 Å². The topological polar surface area (TPSA) is 43.3 Å². The summed E-state index contributed by atoms with van der Waals surface area (Å²) in [4.78, 5) is 13.3. The number of halogens is 1. The Morgan fingerprint density at radius 2 is 2.04 bits per heavy atom. The molecule has 1 atom stereocenters. The fourth-order valence-electron chi connectivity index (χ4n) is 3.47. The molecule has 3 aromatic rings. The third-order valence-electron chi connectivity index (χ3n) is 4.93. The van der Waals surface area contributed by atoms with Crippen molar-refractivity contribution in [1.82, 2.24) is 9.88 Å². The summed E-state index contributed by atoms with van der Waals surface area (Å²) in [6.07, 6.45) is 4.32. The molecule has 1 unspecified atom stereocenters. The summed E-state index contributed by atoms with van der Waals surface area (Å²) in [5.74, 6) is 0.166. The molecule has 4 rings (SSSR count). The van der Waals surface area contributed by atoms with Crippen LogP contribution in [0.4, 0.5) is 4.39 Å². The number of amides is 1. The second kappa shape index (κ2) is 8.80. The maximum Gasteiger partial charge on any atom is 0.230 e. The Hall–Kier alpha value is -2.31. The number of aromatic nitrogens is 1. The normalized spacial score (nSPS) is 16.5. The van der Waals surface area contributed by atoms with Crippen molar-refractivity contribution < 1.29 is 13.9 Å². The van der Waals surface area contributed by atoms with Crippen LogP contribution in [-0.2, 0) is 16.1 Å². The van der Waals surface area contributed by atoms with E-state index in [-0.39, 0.29) is 17.8 Å². The van der Waals surface area contributed by atoms with Crippen LogP contribution in [0.15, 0.2) is 59.6 Å². The molecule has 2 heterocycles. The highest BCUT2D eigenvalue weighted by Crippen LogP contribution is 2.30. The molecular weight excluding hydrogens is 375 g/mol. The first-order chi connectivity index (χ1) is 13.7. The number of carbonyl (C=O) groups excluding carboxylic acids is 1. The van der Waals surface area contributed by atoms with E-state index in [1.54, 1.807) is 23.9 Å². The van der Waals surface area contributed by atoms with Gasteiger partial charge in [0.25, 0.3) is 0 Å². The largest absolute Gasteiger partial charge is 0.376 e. The summed E-state index contributed by atoms with van der Waals surface area (Å²) >= 11 is 1.54. The summed E-state index contributed by atoms with van der Waals surface area (Å²) in [7, 11) is 0. The lowest BCUT2D eigenvalue weighted by atomic mass is 10.2. The van der Waals surface area contributed by atoms with Gasteiger partial charge in [0.05, 0.1) is 11.9 Å². The molecule has 1 aromatic heterocycles. The molecule has 1 amide bonds. The molecule has 1 aliphatic heterocycles. The van der Waals surface area contributed by atoms with E-state index in [0.29, 0.717) is 18.8 Å². The zero-order valence-electron chi connectivity index (χ0n) is 15.6. The minimum Gasteiger partial charge on any atom is -0.376 e. The summed E-state index contributed by atoms with van der Waals surface area (Å²) < 4.78 is 20.9. The molecule has 1 N–H and O–H groups in total. The van der Waals surface area contributed by atoms with E-state index in [9.17, 15) is 9.18 Å². The Balaban J connectivity index is 1.43. The van der Waals surface area contributed by atoms with Crippen LogP contribution in [0.2, 0.25) is 0 Å². The zero-order valence-corrected chi connectivity index (χ0v) is 16.4. The van der Waals surface area contributed by atoms with Crippen molar-refractivity contribution >= 4 is 28.6 Å². The molecule has 0 bridgehead atoms. The van der Waals surface area contributed by atoms with E-state index >= 15 is 0 Å². The summed E-state index contributed by atoms with van der Waals surface area (Å²) in [6, 6.07) is 14.7. The van der Waals surface area contributed by atoms with E-state index in [4.69, 9.17) is 4.74 Å². The first-order valence-corrected chi connectivity index (χ1v) is 10.5. The van der Waals surface area contributed by atoms with E-state index < -0.39 is 0 Å². The average Bonchev–Trinajstić information content (AvgIpc) is 3.35. The smallest absolute Gasteiger partial charge is 0.230 e. The maximum atomic E-state index is 13.2. The lowest BCUT2D eigenvalue weighted by Gasteiger charge is -2.10. The first kappa shape index (κ1) is 19.0. The molecule has 1 aliphatic rings. The monoisotopic (exact) mass is 398 g/mol. The molecule has 0 spiro atoms. The molecule has 6 heteroatoms. The zero-order chi connectivity index (χ0) is 19.3. The number of para-hydroxylation sites is 1. The second-order valence-corrected chi connectivity index (χ2v) is 8.01. The highest BCUT2D eigenvalue weighted by atomic mass is 32.2. The number of nitrogens with zero attached hydrogens (tertiary/aromatic N) is 1. The molecule has 0 saturated carbocycles. The Kier molecular flexibility index (Phi) is 5.98. The van der Waals surface area contributed by atoms with Crippen molar-refractivity contribution in [2.45, 2.75) is 30.4 Å². The fraction of sp³-hybridized carbons (Fsp3) is 0.318. The number of carbonyl (C=O) groups is 1. The molecule has 4 nitrogen and oxygen atoms in total. The van der Waals surface area contributed by atoms with Crippen molar-refractivity contribution in [1.29, 1.82) is 0 Å². The lowest BCUT2D eigenvalue weighted by molar-refractivity contribution is -0.119. The van der Waals surface area contributed by atoms with Gasteiger partial charge in [-0.15, -0.1) is 11.8 Å². The van der Waals surface area contributed by atoms with Gasteiger partial charge in [-0.05, 0) is 36.6 Å². The molecule has 146 valence electrons. The number of ether oxygens (including phenoxy) is 1. The SMILES string of the molecule is O=C(CSc1cn(Cc2ccc(F)cc2)c2ccccc12)NCC1CCCO1. The van der Waals surface area contributed by atoms with Gasteiger partial charge in [-0.2, -0.15) is 0 Å². The van der Waals surface area contributed by atoms with Crippen LogP contribution >= 0.6 is 11.8 Å². The molecule has 1 saturated heterocycles. The van der Waals surface area contributed by atoms with Crippen molar-refractivity contribution in [3.8, 4) is 0 Å². The predicted molar refractivity (Wildman–Crippen MR) is 110 cm³/mol. The molecule has 28 heavy (non-hydrogen) atoms. The highest BCUT2D eigenvalue weighted by molar-refractivity contribution is 8.00. The van der Waals surface area contributed by atoms with Crippen molar-refractivity contribution in [3.63, 3.8) is 0 Å². The Morgan fingerprint density at radius 3 is 2.82 bits per heavy atom.